The van der Waals surface area contributed by atoms with E-state index < -0.39 is 0 Å². The van der Waals surface area contributed by atoms with Crippen LogP contribution in [-0.4, -0.2) is 31.3 Å². The lowest BCUT2D eigenvalue weighted by Gasteiger charge is -2.11. The van der Waals surface area contributed by atoms with E-state index in [1.165, 1.54) is 0 Å². The van der Waals surface area contributed by atoms with Crippen molar-refractivity contribution in [2.24, 2.45) is 0 Å². The lowest BCUT2D eigenvalue weighted by Crippen LogP contribution is -2.09. The molecule has 1 heterocycles. The highest BCUT2D eigenvalue weighted by atomic mass is 35.5. The number of aromatic nitrogens is 1. The molecule has 0 aromatic carbocycles. The van der Waals surface area contributed by atoms with Crippen molar-refractivity contribution in [3.8, 4) is 5.88 Å². The molecule has 0 radical (unpaired) electrons. The van der Waals surface area contributed by atoms with Crippen LogP contribution in [0.5, 0.6) is 5.88 Å². The summed E-state index contributed by atoms with van der Waals surface area (Å²) in [6, 6.07) is 1.63. The van der Waals surface area contributed by atoms with Gasteiger partial charge in [0.2, 0.25) is 5.88 Å². The van der Waals surface area contributed by atoms with E-state index >= 15 is 0 Å². The molecule has 1 N–H and O–H groups in total. The third-order valence-electron chi connectivity index (χ3n) is 2.11. The highest BCUT2D eigenvalue weighted by Gasteiger charge is 2.10. The molecular formula is C12H18Cl2N2O2. The number of anilines is 1. The maximum Gasteiger partial charge on any atom is 0.234 e. The average molecular weight is 293 g/mol. The summed E-state index contributed by atoms with van der Waals surface area (Å²) in [4.78, 5) is 4.25. The first kappa shape index (κ1) is 15.3. The molecule has 0 aliphatic carbocycles. The smallest absolute Gasteiger partial charge is 0.234 e. The lowest BCUT2D eigenvalue weighted by atomic mass is 10.4. The van der Waals surface area contributed by atoms with Crippen molar-refractivity contribution in [2.45, 2.75) is 20.3 Å². The van der Waals surface area contributed by atoms with Crippen molar-refractivity contribution < 1.29 is 9.47 Å². The van der Waals surface area contributed by atoms with Gasteiger partial charge in [-0.25, -0.2) is 0 Å². The summed E-state index contributed by atoms with van der Waals surface area (Å²) in [6.07, 6.45) is 0.987. The summed E-state index contributed by atoms with van der Waals surface area (Å²) in [5.74, 6) is 0.966. The number of halogens is 2. The number of nitrogens with one attached hydrogen (secondary N) is 1. The van der Waals surface area contributed by atoms with Crippen LogP contribution in [0.1, 0.15) is 20.3 Å². The van der Waals surface area contributed by atoms with Crippen molar-refractivity contribution in [1.82, 2.24) is 4.98 Å². The standard InChI is InChI=1S/C12H18Cl2N2O2/c1-3-5-15-11-9(13)8-10(14)12(16-11)18-7-6-17-4-2/h8H,3-7H2,1-2H3,(H,15,16). The van der Waals surface area contributed by atoms with Gasteiger partial charge in [-0.15, -0.1) is 0 Å². The molecule has 1 rings (SSSR count). The van der Waals surface area contributed by atoms with E-state index in [1.54, 1.807) is 6.07 Å². The Morgan fingerprint density at radius 2 is 2.00 bits per heavy atom. The quantitative estimate of drug-likeness (QED) is 0.743. The predicted molar refractivity (Wildman–Crippen MR) is 75.0 cm³/mol. The number of pyridine rings is 1. The van der Waals surface area contributed by atoms with Gasteiger partial charge in [-0.1, -0.05) is 30.1 Å². The van der Waals surface area contributed by atoms with Crippen molar-refractivity contribution in [1.29, 1.82) is 0 Å². The monoisotopic (exact) mass is 292 g/mol. The van der Waals surface area contributed by atoms with Crippen molar-refractivity contribution >= 4 is 29.0 Å². The fourth-order valence-electron chi connectivity index (χ4n) is 1.26. The first-order valence-corrected chi connectivity index (χ1v) is 6.75. The summed E-state index contributed by atoms with van der Waals surface area (Å²) < 4.78 is 10.6. The maximum atomic E-state index is 6.03. The van der Waals surface area contributed by atoms with Gasteiger partial charge in [0.15, 0.2) is 0 Å². The first-order chi connectivity index (χ1) is 8.69. The van der Waals surface area contributed by atoms with Gasteiger partial charge >= 0.3 is 0 Å². The van der Waals surface area contributed by atoms with Crippen LogP contribution >= 0.6 is 23.2 Å². The number of hydrogen-bond acceptors (Lipinski definition) is 4. The van der Waals surface area contributed by atoms with Gasteiger partial charge in [-0.2, -0.15) is 4.98 Å². The van der Waals surface area contributed by atoms with Crippen LogP contribution in [0.3, 0.4) is 0 Å². The fraction of sp³-hybridized carbons (Fsp3) is 0.583. The second kappa shape index (κ2) is 8.40. The zero-order chi connectivity index (χ0) is 13.4. The topological polar surface area (TPSA) is 43.4 Å². The summed E-state index contributed by atoms with van der Waals surface area (Å²) >= 11 is 12.0. The largest absolute Gasteiger partial charge is 0.474 e. The van der Waals surface area contributed by atoms with Crippen molar-refractivity contribution in [3.05, 3.63) is 16.1 Å². The Kier molecular flexibility index (Phi) is 7.16. The molecule has 0 atom stereocenters. The summed E-state index contributed by atoms with van der Waals surface area (Å²) in [5, 5.41) is 4.01. The molecule has 1 aromatic heterocycles. The Morgan fingerprint density at radius 1 is 1.22 bits per heavy atom. The number of hydrogen-bond donors (Lipinski definition) is 1. The SMILES string of the molecule is CCCNc1nc(OCCOCC)c(Cl)cc1Cl. The first-order valence-electron chi connectivity index (χ1n) is 5.99. The molecule has 0 fully saturated rings. The zero-order valence-electron chi connectivity index (χ0n) is 10.6. The maximum absolute atomic E-state index is 6.03. The van der Waals surface area contributed by atoms with E-state index in [4.69, 9.17) is 32.7 Å². The molecule has 0 spiro atoms. The van der Waals surface area contributed by atoms with E-state index in [1.807, 2.05) is 6.92 Å². The van der Waals surface area contributed by atoms with Gasteiger partial charge in [-0.3, -0.25) is 0 Å². The molecular weight excluding hydrogens is 275 g/mol. The molecule has 0 aliphatic heterocycles. The molecule has 1 aromatic rings. The fourth-order valence-corrected chi connectivity index (χ4v) is 1.74. The number of nitrogens with zero attached hydrogens (tertiary/aromatic N) is 1. The highest BCUT2D eigenvalue weighted by Crippen LogP contribution is 2.30. The van der Waals surface area contributed by atoms with Gasteiger partial charge in [0.05, 0.1) is 11.6 Å². The van der Waals surface area contributed by atoms with Gasteiger partial charge in [0.1, 0.15) is 17.4 Å². The van der Waals surface area contributed by atoms with Gasteiger partial charge in [0.25, 0.3) is 0 Å². The van der Waals surface area contributed by atoms with Gasteiger partial charge in [0, 0.05) is 13.2 Å². The minimum Gasteiger partial charge on any atom is -0.474 e. The molecule has 0 unspecified atom stereocenters. The van der Waals surface area contributed by atoms with Gasteiger partial charge < -0.3 is 14.8 Å². The van der Waals surface area contributed by atoms with E-state index in [9.17, 15) is 0 Å². The van der Waals surface area contributed by atoms with E-state index in [2.05, 4.69) is 17.2 Å². The zero-order valence-corrected chi connectivity index (χ0v) is 12.1. The molecule has 18 heavy (non-hydrogen) atoms. The Bertz CT molecular complexity index is 375. The van der Waals surface area contributed by atoms with Crippen LogP contribution < -0.4 is 10.1 Å². The molecule has 0 aliphatic rings. The van der Waals surface area contributed by atoms with E-state index in [0.29, 0.717) is 41.6 Å². The van der Waals surface area contributed by atoms with Crippen LogP contribution in [0.25, 0.3) is 0 Å². The minimum absolute atomic E-state index is 0.374. The Morgan fingerprint density at radius 3 is 2.67 bits per heavy atom. The van der Waals surface area contributed by atoms with Crippen LogP contribution in [0.2, 0.25) is 10.0 Å². The van der Waals surface area contributed by atoms with E-state index in [0.717, 1.165) is 13.0 Å². The van der Waals surface area contributed by atoms with Crippen LogP contribution in [0.4, 0.5) is 5.82 Å². The van der Waals surface area contributed by atoms with Crippen LogP contribution in [-0.2, 0) is 4.74 Å². The number of rotatable bonds is 8. The second-order valence-corrected chi connectivity index (χ2v) is 4.39. The number of ether oxygens (including phenoxy) is 2. The summed E-state index contributed by atoms with van der Waals surface area (Å²) in [7, 11) is 0. The molecule has 4 nitrogen and oxygen atoms in total. The third-order valence-corrected chi connectivity index (χ3v) is 2.67. The van der Waals surface area contributed by atoms with Gasteiger partial charge in [-0.05, 0) is 19.4 Å². The Labute approximate surface area is 118 Å². The molecule has 0 bridgehead atoms. The third kappa shape index (κ3) is 4.88. The van der Waals surface area contributed by atoms with Crippen LogP contribution in [0.15, 0.2) is 6.07 Å². The molecule has 0 amide bonds. The lowest BCUT2D eigenvalue weighted by molar-refractivity contribution is 0.108. The molecule has 6 heteroatoms. The van der Waals surface area contributed by atoms with Crippen LogP contribution in [0, 0.1) is 0 Å². The molecule has 0 saturated heterocycles. The van der Waals surface area contributed by atoms with E-state index in [-0.39, 0.29) is 0 Å². The van der Waals surface area contributed by atoms with Crippen molar-refractivity contribution in [3.63, 3.8) is 0 Å². The summed E-state index contributed by atoms with van der Waals surface area (Å²) in [5.41, 5.74) is 0. The Hall–Kier alpha value is -0.710. The predicted octanol–water partition coefficient (Wildman–Crippen LogP) is 3.63. The second-order valence-electron chi connectivity index (χ2n) is 3.58. The molecule has 102 valence electrons. The summed E-state index contributed by atoms with van der Waals surface area (Å²) in [6.45, 7) is 6.38. The normalized spacial score (nSPS) is 10.4. The minimum atomic E-state index is 0.374. The average Bonchev–Trinajstić information content (AvgIpc) is 2.35. The van der Waals surface area contributed by atoms with Crippen molar-refractivity contribution in [2.75, 3.05) is 31.7 Å². The highest BCUT2D eigenvalue weighted by molar-refractivity contribution is 6.36. The Balaban J connectivity index is 2.65. The molecule has 0 saturated carbocycles.